The van der Waals surface area contributed by atoms with Crippen LogP contribution in [0.4, 0.5) is 18.0 Å². The number of nitriles is 1. The van der Waals surface area contributed by atoms with E-state index in [4.69, 9.17) is 4.74 Å². The SMILES string of the molecule is CC(C)(C)C(NC(=O)OC1(C(F)(F)F)CCC1)C(=O)N1CC2C(C1C(=O)NC(C#N)CC1CC3(CC3)NC1=O)C2(C)C. The molecule has 3 N–H and O–H groups in total. The van der Waals surface area contributed by atoms with Crippen molar-refractivity contribution in [1.82, 2.24) is 20.9 Å². The Morgan fingerprint density at radius 3 is 2.26 bits per heavy atom. The number of nitrogens with one attached hydrogen (secondary N) is 3. The minimum Gasteiger partial charge on any atom is -0.433 e. The van der Waals surface area contributed by atoms with Gasteiger partial charge in [0.25, 0.3) is 0 Å². The van der Waals surface area contributed by atoms with Gasteiger partial charge in [-0.3, -0.25) is 14.4 Å². The summed E-state index contributed by atoms with van der Waals surface area (Å²) in [6.07, 6.45) is -3.88. The van der Waals surface area contributed by atoms with Crippen LogP contribution in [0.3, 0.4) is 0 Å². The molecule has 2 saturated heterocycles. The number of carbonyl (C=O) groups excluding carboxylic acids is 4. The molecule has 3 saturated carbocycles. The third kappa shape index (κ3) is 5.19. The molecule has 5 rings (SSSR count). The molecule has 0 aromatic carbocycles. The van der Waals surface area contributed by atoms with Crippen molar-refractivity contribution in [3.8, 4) is 6.07 Å². The molecule has 2 heterocycles. The molecule has 6 unspecified atom stereocenters. The minimum absolute atomic E-state index is 0.00381. The first kappa shape index (κ1) is 30.4. The van der Waals surface area contributed by atoms with Crippen LogP contribution in [0.25, 0.3) is 0 Å². The molecule has 3 aliphatic carbocycles. The first-order valence-electron chi connectivity index (χ1n) is 14.7. The van der Waals surface area contributed by atoms with Gasteiger partial charge in [-0.1, -0.05) is 34.6 Å². The number of nitrogens with zero attached hydrogens (tertiary/aromatic N) is 2. The van der Waals surface area contributed by atoms with E-state index in [-0.39, 0.29) is 66.8 Å². The smallest absolute Gasteiger partial charge is 0.428 e. The van der Waals surface area contributed by atoms with Gasteiger partial charge in [0.05, 0.1) is 6.07 Å². The number of hydrogen-bond acceptors (Lipinski definition) is 6. The van der Waals surface area contributed by atoms with E-state index in [0.717, 1.165) is 12.8 Å². The average Bonchev–Trinajstić information content (AvgIpc) is 3.56. The Morgan fingerprint density at radius 1 is 1.14 bits per heavy atom. The summed E-state index contributed by atoms with van der Waals surface area (Å²) in [6.45, 7) is 9.22. The molecular formula is C29H40F3N5O5. The van der Waals surface area contributed by atoms with Gasteiger partial charge in [0.1, 0.15) is 18.1 Å². The van der Waals surface area contributed by atoms with Crippen molar-refractivity contribution < 1.29 is 37.1 Å². The normalized spacial score (nSPS) is 31.1. The molecule has 2 aliphatic heterocycles. The Morgan fingerprint density at radius 2 is 1.79 bits per heavy atom. The van der Waals surface area contributed by atoms with Gasteiger partial charge < -0.3 is 25.6 Å². The minimum atomic E-state index is -4.73. The van der Waals surface area contributed by atoms with E-state index in [9.17, 15) is 37.6 Å². The summed E-state index contributed by atoms with van der Waals surface area (Å²) in [7, 11) is 0. The Bertz CT molecular complexity index is 1210. The molecule has 0 aromatic rings. The van der Waals surface area contributed by atoms with E-state index in [1.165, 1.54) is 4.90 Å². The van der Waals surface area contributed by atoms with Crippen molar-refractivity contribution in [2.75, 3.05) is 6.54 Å². The van der Waals surface area contributed by atoms with Crippen LogP contribution >= 0.6 is 0 Å². The highest BCUT2D eigenvalue weighted by Crippen LogP contribution is 2.65. The van der Waals surface area contributed by atoms with Crippen LogP contribution in [-0.2, 0) is 19.1 Å². The number of rotatable bonds is 7. The number of fused-ring (bicyclic) bond motifs is 1. The number of ether oxygens (including phenoxy) is 1. The second-order valence-corrected chi connectivity index (χ2v) is 14.7. The third-order valence-corrected chi connectivity index (χ3v) is 10.3. The number of alkyl carbamates (subject to hydrolysis) is 1. The van der Waals surface area contributed by atoms with Crippen LogP contribution in [-0.4, -0.2) is 70.7 Å². The van der Waals surface area contributed by atoms with E-state index >= 15 is 0 Å². The van der Waals surface area contributed by atoms with Crippen molar-refractivity contribution in [2.24, 2.45) is 28.6 Å². The average molecular weight is 596 g/mol. The maximum atomic E-state index is 14.0. The highest BCUT2D eigenvalue weighted by Gasteiger charge is 2.70. The first-order chi connectivity index (χ1) is 19.3. The predicted molar refractivity (Wildman–Crippen MR) is 142 cm³/mol. The Kier molecular flexibility index (Phi) is 7.06. The third-order valence-electron chi connectivity index (χ3n) is 10.3. The molecule has 10 nitrogen and oxygen atoms in total. The van der Waals surface area contributed by atoms with Gasteiger partial charge in [0, 0.05) is 18.0 Å². The van der Waals surface area contributed by atoms with Crippen molar-refractivity contribution in [1.29, 1.82) is 5.26 Å². The lowest BCUT2D eigenvalue weighted by Crippen LogP contribution is -2.61. The van der Waals surface area contributed by atoms with Gasteiger partial charge in [0.2, 0.25) is 23.3 Å². The molecule has 232 valence electrons. The zero-order chi connectivity index (χ0) is 31.0. The summed E-state index contributed by atoms with van der Waals surface area (Å²) >= 11 is 0. The summed E-state index contributed by atoms with van der Waals surface area (Å²) in [5.41, 5.74) is -3.89. The van der Waals surface area contributed by atoms with E-state index in [2.05, 4.69) is 22.0 Å². The van der Waals surface area contributed by atoms with Gasteiger partial charge in [-0.05, 0) is 67.6 Å². The molecule has 6 atom stereocenters. The zero-order valence-electron chi connectivity index (χ0n) is 24.7. The largest absolute Gasteiger partial charge is 0.433 e. The van der Waals surface area contributed by atoms with Gasteiger partial charge in [-0.2, -0.15) is 18.4 Å². The van der Waals surface area contributed by atoms with Gasteiger partial charge >= 0.3 is 12.3 Å². The molecule has 1 spiro atoms. The lowest BCUT2D eigenvalue weighted by Gasteiger charge is -2.43. The summed E-state index contributed by atoms with van der Waals surface area (Å²) in [5.74, 6) is -1.82. The molecule has 0 aromatic heterocycles. The van der Waals surface area contributed by atoms with E-state index in [1.54, 1.807) is 20.8 Å². The topological polar surface area (TPSA) is 141 Å². The van der Waals surface area contributed by atoms with E-state index < -0.39 is 53.2 Å². The van der Waals surface area contributed by atoms with Crippen LogP contribution < -0.4 is 16.0 Å². The van der Waals surface area contributed by atoms with Crippen molar-refractivity contribution in [3.63, 3.8) is 0 Å². The number of carbonyl (C=O) groups is 4. The van der Waals surface area contributed by atoms with Gasteiger partial charge in [0.15, 0.2) is 0 Å². The van der Waals surface area contributed by atoms with Crippen LogP contribution in [0.15, 0.2) is 0 Å². The number of alkyl halides is 3. The molecule has 0 bridgehead atoms. The standard InChI is InChI=1S/C29H40F3N5O5/c1-25(2,3)20(35-24(41)42-28(7-6-8-28)29(30,31)32)23(40)37-14-17-18(26(17,4)5)19(37)22(39)34-16(13-33)11-15-12-27(9-10-27)36-21(15)38/h15-20H,6-12,14H2,1-5H3,(H,34,39)(H,35,41)(H,36,38). The summed E-state index contributed by atoms with van der Waals surface area (Å²) < 4.78 is 45.7. The Balaban J connectivity index is 1.30. The first-order valence-corrected chi connectivity index (χ1v) is 14.7. The number of amides is 4. The highest BCUT2D eigenvalue weighted by atomic mass is 19.4. The van der Waals surface area contributed by atoms with Gasteiger partial charge in [-0.25, -0.2) is 4.79 Å². The van der Waals surface area contributed by atoms with Gasteiger partial charge in [-0.15, -0.1) is 0 Å². The second-order valence-electron chi connectivity index (χ2n) is 14.7. The van der Waals surface area contributed by atoms with Crippen molar-refractivity contribution >= 4 is 23.8 Å². The van der Waals surface area contributed by atoms with Crippen LogP contribution in [0, 0.1) is 39.9 Å². The molecule has 0 radical (unpaired) electrons. The van der Waals surface area contributed by atoms with E-state index in [0.29, 0.717) is 6.42 Å². The number of likely N-dealkylation sites (tertiary alicyclic amines) is 1. The molecule has 42 heavy (non-hydrogen) atoms. The molecule has 13 heteroatoms. The fraction of sp³-hybridized carbons (Fsp3) is 0.828. The fourth-order valence-electron chi connectivity index (χ4n) is 7.23. The molecular weight excluding hydrogens is 555 g/mol. The quantitative estimate of drug-likeness (QED) is 0.413. The molecule has 5 fully saturated rings. The van der Waals surface area contributed by atoms with Crippen LogP contribution in [0.1, 0.15) is 79.6 Å². The maximum absolute atomic E-state index is 14.0. The highest BCUT2D eigenvalue weighted by molar-refractivity contribution is 5.93. The number of piperidine rings is 1. The fourth-order valence-corrected chi connectivity index (χ4v) is 7.23. The summed E-state index contributed by atoms with van der Waals surface area (Å²) in [6, 6.07) is -1.06. The maximum Gasteiger partial charge on any atom is 0.428 e. The number of hydrogen-bond donors (Lipinski definition) is 3. The monoisotopic (exact) mass is 595 g/mol. The Hall–Kier alpha value is -3.04. The lowest BCUT2D eigenvalue weighted by molar-refractivity contribution is -0.284. The van der Waals surface area contributed by atoms with Crippen molar-refractivity contribution in [3.05, 3.63) is 0 Å². The number of halogens is 3. The van der Waals surface area contributed by atoms with E-state index in [1.807, 2.05) is 13.8 Å². The summed E-state index contributed by atoms with van der Waals surface area (Å²) in [5, 5.41) is 17.9. The molecule has 4 amide bonds. The zero-order valence-corrected chi connectivity index (χ0v) is 24.7. The molecule has 5 aliphatic rings. The predicted octanol–water partition coefficient (Wildman–Crippen LogP) is 3.16. The Labute approximate surface area is 243 Å². The van der Waals surface area contributed by atoms with Crippen molar-refractivity contribution in [2.45, 2.75) is 115 Å². The summed E-state index contributed by atoms with van der Waals surface area (Å²) in [4.78, 5) is 54.2. The lowest BCUT2D eigenvalue weighted by atomic mass is 9.79. The van der Waals surface area contributed by atoms with Crippen LogP contribution in [0.5, 0.6) is 0 Å². The second kappa shape index (κ2) is 9.74. The van der Waals surface area contributed by atoms with Crippen LogP contribution in [0.2, 0.25) is 0 Å².